The fraction of sp³-hybridized carbons (Fsp3) is 0.308. The molecular weight excluding hydrogens is 284 g/mol. The molecule has 0 aliphatic rings. The van der Waals surface area contributed by atoms with E-state index in [1.807, 2.05) is 0 Å². The average Bonchev–Trinajstić information content (AvgIpc) is 2.82. The van der Waals surface area contributed by atoms with Crippen molar-refractivity contribution in [2.75, 3.05) is 5.32 Å². The lowest BCUT2D eigenvalue weighted by Crippen LogP contribution is -2.17. The summed E-state index contributed by atoms with van der Waals surface area (Å²) in [6, 6.07) is 4.00. The Hall–Kier alpha value is -1.89. The van der Waals surface area contributed by atoms with E-state index in [4.69, 9.17) is 0 Å². The van der Waals surface area contributed by atoms with Gasteiger partial charge in [-0.1, -0.05) is 37.3 Å². The molecule has 0 atom stereocenters. The molecule has 0 saturated carbocycles. The van der Waals surface area contributed by atoms with Crippen molar-refractivity contribution in [1.29, 1.82) is 0 Å². The molecule has 106 valence electrons. The molecule has 1 heterocycles. The summed E-state index contributed by atoms with van der Waals surface area (Å²) < 4.78 is 26.6. The van der Waals surface area contributed by atoms with Crippen LogP contribution in [-0.4, -0.2) is 16.1 Å². The van der Waals surface area contributed by atoms with Crippen LogP contribution in [0.5, 0.6) is 0 Å². The quantitative estimate of drug-likeness (QED) is 0.944. The number of carbonyl (C=O) groups excluding carboxylic acids is 1. The minimum atomic E-state index is -0.889. The van der Waals surface area contributed by atoms with Crippen LogP contribution in [0.4, 0.5) is 13.9 Å². The standard InChI is InChI=1S/C13H13F2N3OS/c1-7(2)12(19)16-13-18-17-10(20-13)6-8-4-3-5-9(14)11(8)15/h3-5,7H,6H2,1-2H3,(H,16,18,19). The minimum Gasteiger partial charge on any atom is -0.300 e. The predicted molar refractivity (Wildman–Crippen MR) is 72.5 cm³/mol. The highest BCUT2D eigenvalue weighted by Gasteiger charge is 2.13. The number of hydrogen-bond donors (Lipinski definition) is 1. The van der Waals surface area contributed by atoms with E-state index in [1.54, 1.807) is 13.8 Å². The molecule has 1 N–H and O–H groups in total. The topological polar surface area (TPSA) is 54.9 Å². The summed E-state index contributed by atoms with van der Waals surface area (Å²) >= 11 is 1.14. The first kappa shape index (κ1) is 14.5. The van der Waals surface area contributed by atoms with Crippen LogP contribution >= 0.6 is 11.3 Å². The van der Waals surface area contributed by atoms with Crippen molar-refractivity contribution in [3.05, 3.63) is 40.4 Å². The number of hydrogen-bond acceptors (Lipinski definition) is 4. The number of aromatic nitrogens is 2. The molecule has 1 amide bonds. The molecule has 2 rings (SSSR count). The van der Waals surface area contributed by atoms with Crippen LogP contribution in [0.15, 0.2) is 18.2 Å². The van der Waals surface area contributed by atoms with Crippen molar-refractivity contribution in [2.24, 2.45) is 5.92 Å². The summed E-state index contributed by atoms with van der Waals surface area (Å²) in [5.74, 6) is -2.09. The molecule has 0 fully saturated rings. The number of benzene rings is 1. The van der Waals surface area contributed by atoms with Gasteiger partial charge in [0.05, 0.1) is 0 Å². The Morgan fingerprint density at radius 3 is 2.80 bits per heavy atom. The number of carbonyl (C=O) groups is 1. The van der Waals surface area contributed by atoms with Crippen LogP contribution in [0, 0.1) is 17.6 Å². The first-order chi connectivity index (χ1) is 9.47. The fourth-order valence-corrected chi connectivity index (χ4v) is 2.24. The number of halogens is 2. The van der Waals surface area contributed by atoms with Gasteiger partial charge in [0.15, 0.2) is 11.6 Å². The van der Waals surface area contributed by atoms with Crippen LogP contribution in [-0.2, 0) is 11.2 Å². The van der Waals surface area contributed by atoms with Crippen LogP contribution in [0.25, 0.3) is 0 Å². The van der Waals surface area contributed by atoms with E-state index in [-0.39, 0.29) is 23.8 Å². The van der Waals surface area contributed by atoms with Crippen LogP contribution in [0.3, 0.4) is 0 Å². The normalized spacial score (nSPS) is 10.8. The second kappa shape index (κ2) is 6.04. The van der Waals surface area contributed by atoms with Gasteiger partial charge in [0.25, 0.3) is 0 Å². The maximum Gasteiger partial charge on any atom is 0.228 e. The maximum absolute atomic E-state index is 13.5. The first-order valence-corrected chi connectivity index (χ1v) is 6.85. The predicted octanol–water partition coefficient (Wildman–Crippen LogP) is 3.00. The number of nitrogens with zero attached hydrogens (tertiary/aromatic N) is 2. The zero-order chi connectivity index (χ0) is 14.7. The van der Waals surface area contributed by atoms with Gasteiger partial charge in [-0.25, -0.2) is 8.78 Å². The van der Waals surface area contributed by atoms with E-state index in [2.05, 4.69) is 15.5 Å². The monoisotopic (exact) mass is 297 g/mol. The van der Waals surface area contributed by atoms with Gasteiger partial charge in [0, 0.05) is 12.3 Å². The second-order valence-electron chi connectivity index (χ2n) is 4.53. The summed E-state index contributed by atoms with van der Waals surface area (Å²) in [4.78, 5) is 11.5. The Morgan fingerprint density at radius 2 is 2.10 bits per heavy atom. The molecule has 0 radical (unpaired) electrons. The maximum atomic E-state index is 13.5. The average molecular weight is 297 g/mol. The van der Waals surface area contributed by atoms with Crippen LogP contribution < -0.4 is 5.32 Å². The third kappa shape index (κ3) is 3.36. The van der Waals surface area contributed by atoms with Crippen molar-refractivity contribution in [2.45, 2.75) is 20.3 Å². The van der Waals surface area contributed by atoms with Gasteiger partial charge in [-0.05, 0) is 11.6 Å². The second-order valence-corrected chi connectivity index (χ2v) is 5.60. The highest BCUT2D eigenvalue weighted by atomic mass is 32.1. The van der Waals surface area contributed by atoms with Crippen molar-refractivity contribution >= 4 is 22.4 Å². The molecular formula is C13H13F2N3OS. The van der Waals surface area contributed by atoms with Crippen molar-refractivity contribution in [3.63, 3.8) is 0 Å². The highest BCUT2D eigenvalue weighted by molar-refractivity contribution is 7.15. The largest absolute Gasteiger partial charge is 0.300 e. The van der Waals surface area contributed by atoms with Gasteiger partial charge in [-0.2, -0.15) is 0 Å². The minimum absolute atomic E-state index is 0.138. The van der Waals surface area contributed by atoms with E-state index in [9.17, 15) is 13.6 Å². The highest BCUT2D eigenvalue weighted by Crippen LogP contribution is 2.21. The Morgan fingerprint density at radius 1 is 1.35 bits per heavy atom. The molecule has 1 aromatic heterocycles. The SMILES string of the molecule is CC(C)C(=O)Nc1nnc(Cc2cccc(F)c2F)s1. The van der Waals surface area contributed by atoms with E-state index in [0.29, 0.717) is 10.1 Å². The van der Waals surface area contributed by atoms with E-state index in [1.165, 1.54) is 12.1 Å². The van der Waals surface area contributed by atoms with Crippen molar-refractivity contribution < 1.29 is 13.6 Å². The molecule has 0 aliphatic carbocycles. The van der Waals surface area contributed by atoms with Gasteiger partial charge in [0.2, 0.25) is 11.0 Å². The Bertz CT molecular complexity index is 628. The summed E-state index contributed by atoms with van der Waals surface area (Å²) in [7, 11) is 0. The van der Waals surface area contributed by atoms with E-state index >= 15 is 0 Å². The van der Waals surface area contributed by atoms with Gasteiger partial charge in [-0.3, -0.25) is 4.79 Å². The lowest BCUT2D eigenvalue weighted by Gasteiger charge is -2.02. The molecule has 20 heavy (non-hydrogen) atoms. The number of nitrogens with one attached hydrogen (secondary N) is 1. The number of anilines is 1. The number of rotatable bonds is 4. The fourth-order valence-electron chi connectivity index (χ4n) is 1.47. The molecule has 4 nitrogen and oxygen atoms in total. The summed E-state index contributed by atoms with van der Waals surface area (Å²) in [5.41, 5.74) is 0.211. The zero-order valence-corrected chi connectivity index (χ0v) is 11.8. The molecule has 0 bridgehead atoms. The molecule has 0 saturated heterocycles. The Kier molecular flexibility index (Phi) is 4.39. The third-order valence-electron chi connectivity index (χ3n) is 2.59. The summed E-state index contributed by atoms with van der Waals surface area (Å²) in [6.07, 6.45) is 0.138. The van der Waals surface area contributed by atoms with E-state index < -0.39 is 11.6 Å². The molecule has 2 aromatic rings. The molecule has 1 aromatic carbocycles. The van der Waals surface area contributed by atoms with Gasteiger partial charge in [-0.15, -0.1) is 10.2 Å². The summed E-state index contributed by atoms with van der Waals surface area (Å²) in [5, 5.41) is 11.1. The van der Waals surface area contributed by atoms with Crippen molar-refractivity contribution in [1.82, 2.24) is 10.2 Å². The van der Waals surface area contributed by atoms with Gasteiger partial charge >= 0.3 is 0 Å². The molecule has 7 heteroatoms. The smallest absolute Gasteiger partial charge is 0.228 e. The molecule has 0 aliphatic heterocycles. The Balaban J connectivity index is 2.10. The van der Waals surface area contributed by atoms with Crippen LogP contribution in [0.2, 0.25) is 0 Å². The van der Waals surface area contributed by atoms with Gasteiger partial charge in [0.1, 0.15) is 5.01 Å². The zero-order valence-electron chi connectivity index (χ0n) is 11.0. The summed E-state index contributed by atoms with van der Waals surface area (Å²) in [6.45, 7) is 3.53. The van der Waals surface area contributed by atoms with Gasteiger partial charge < -0.3 is 5.32 Å². The van der Waals surface area contributed by atoms with E-state index in [0.717, 1.165) is 17.4 Å². The Labute approximate surface area is 118 Å². The van der Waals surface area contributed by atoms with Crippen LogP contribution in [0.1, 0.15) is 24.4 Å². The first-order valence-electron chi connectivity index (χ1n) is 6.03. The lowest BCUT2D eigenvalue weighted by molar-refractivity contribution is -0.118. The van der Waals surface area contributed by atoms with Crippen molar-refractivity contribution in [3.8, 4) is 0 Å². The molecule has 0 unspecified atom stereocenters. The molecule has 0 spiro atoms. The lowest BCUT2D eigenvalue weighted by atomic mass is 10.1. The third-order valence-corrected chi connectivity index (χ3v) is 3.43. The number of amides is 1.